The molecular formula is C13H13N5S2. The van der Waals surface area contributed by atoms with Crippen LogP contribution in [0.25, 0.3) is 10.9 Å². The van der Waals surface area contributed by atoms with Crippen molar-refractivity contribution in [1.29, 1.82) is 0 Å². The van der Waals surface area contributed by atoms with Crippen LogP contribution in [0.3, 0.4) is 0 Å². The highest BCUT2D eigenvalue weighted by atomic mass is 32.2. The van der Waals surface area contributed by atoms with Crippen molar-refractivity contribution in [2.75, 3.05) is 12.8 Å². The number of fused-ring (bicyclic) bond motifs is 1. The molecule has 0 unspecified atom stereocenters. The first kappa shape index (κ1) is 13.3. The largest absolute Gasteiger partial charge is 0.374 e. The molecule has 0 atom stereocenters. The minimum Gasteiger partial charge on any atom is -0.374 e. The maximum absolute atomic E-state index is 5.63. The van der Waals surface area contributed by atoms with E-state index in [0.29, 0.717) is 5.13 Å². The first-order valence-corrected chi connectivity index (χ1v) is 7.69. The molecule has 0 aliphatic rings. The summed E-state index contributed by atoms with van der Waals surface area (Å²) >= 11 is 2.97. The van der Waals surface area contributed by atoms with Crippen molar-refractivity contribution >= 4 is 39.1 Å². The Morgan fingerprint density at radius 2 is 2.15 bits per heavy atom. The summed E-state index contributed by atoms with van der Waals surface area (Å²) < 4.78 is 0.842. The summed E-state index contributed by atoms with van der Waals surface area (Å²) in [7, 11) is 1.91. The van der Waals surface area contributed by atoms with Gasteiger partial charge in [0.15, 0.2) is 4.34 Å². The fourth-order valence-corrected chi connectivity index (χ4v) is 3.69. The molecule has 3 N–H and O–H groups in total. The van der Waals surface area contributed by atoms with Crippen LogP contribution < -0.4 is 11.1 Å². The van der Waals surface area contributed by atoms with Crippen LogP contribution in [-0.4, -0.2) is 22.2 Å². The number of pyridine rings is 1. The van der Waals surface area contributed by atoms with Crippen molar-refractivity contribution in [3.05, 3.63) is 36.0 Å². The van der Waals surface area contributed by atoms with E-state index in [1.807, 2.05) is 25.2 Å². The number of aromatic nitrogens is 3. The molecule has 7 heteroatoms. The van der Waals surface area contributed by atoms with Gasteiger partial charge >= 0.3 is 0 Å². The van der Waals surface area contributed by atoms with Gasteiger partial charge in [-0.3, -0.25) is 4.98 Å². The minimum atomic E-state index is 0.487. The lowest BCUT2D eigenvalue weighted by Crippen LogP contribution is -2.07. The number of hydrogen-bond donors (Lipinski definition) is 2. The molecule has 0 saturated heterocycles. The van der Waals surface area contributed by atoms with Gasteiger partial charge in [0.25, 0.3) is 0 Å². The van der Waals surface area contributed by atoms with E-state index in [2.05, 4.69) is 32.6 Å². The number of benzene rings is 1. The zero-order chi connectivity index (χ0) is 13.9. The molecule has 0 amide bonds. The van der Waals surface area contributed by atoms with E-state index >= 15 is 0 Å². The molecule has 3 aromatic rings. The van der Waals surface area contributed by atoms with Crippen molar-refractivity contribution in [1.82, 2.24) is 20.5 Å². The van der Waals surface area contributed by atoms with Crippen LogP contribution in [0.5, 0.6) is 0 Å². The van der Waals surface area contributed by atoms with Crippen molar-refractivity contribution < 1.29 is 0 Å². The van der Waals surface area contributed by atoms with Gasteiger partial charge in [-0.2, -0.15) is 0 Å². The summed E-state index contributed by atoms with van der Waals surface area (Å²) in [4.78, 5) is 5.76. The Morgan fingerprint density at radius 3 is 2.90 bits per heavy atom. The highest BCUT2D eigenvalue weighted by Gasteiger charge is 2.10. The zero-order valence-corrected chi connectivity index (χ0v) is 12.5. The summed E-state index contributed by atoms with van der Waals surface area (Å²) in [5.41, 5.74) is 7.62. The topological polar surface area (TPSA) is 76.7 Å². The van der Waals surface area contributed by atoms with Gasteiger partial charge < -0.3 is 11.1 Å². The predicted octanol–water partition coefficient (Wildman–Crippen LogP) is 2.54. The Labute approximate surface area is 124 Å². The fraction of sp³-hybridized carbons (Fsp3) is 0.154. The Kier molecular flexibility index (Phi) is 3.81. The van der Waals surface area contributed by atoms with E-state index in [1.54, 1.807) is 11.8 Å². The zero-order valence-electron chi connectivity index (χ0n) is 10.8. The molecule has 0 spiro atoms. The smallest absolute Gasteiger partial charge is 0.203 e. The fourth-order valence-electron chi connectivity index (χ4n) is 1.91. The van der Waals surface area contributed by atoms with Gasteiger partial charge in [0.2, 0.25) is 5.13 Å². The molecule has 2 heterocycles. The van der Waals surface area contributed by atoms with Crippen LogP contribution in [0.4, 0.5) is 5.13 Å². The standard InChI is InChI=1S/C13H13N5S2/c1-15-7-8-6-11(19-13-18-17-12(14)20-13)9-4-2-3-5-10(9)16-8/h2-6,15H,7H2,1H3,(H2,14,17). The second-order valence-electron chi connectivity index (χ2n) is 4.17. The first-order valence-electron chi connectivity index (χ1n) is 6.06. The third kappa shape index (κ3) is 2.74. The summed E-state index contributed by atoms with van der Waals surface area (Å²) in [6.07, 6.45) is 0. The quantitative estimate of drug-likeness (QED) is 0.771. The number of hydrogen-bond acceptors (Lipinski definition) is 7. The second-order valence-corrected chi connectivity index (χ2v) is 6.47. The van der Waals surface area contributed by atoms with Gasteiger partial charge in [0, 0.05) is 16.8 Å². The van der Waals surface area contributed by atoms with Gasteiger partial charge in [0.1, 0.15) is 0 Å². The van der Waals surface area contributed by atoms with E-state index in [9.17, 15) is 0 Å². The minimum absolute atomic E-state index is 0.487. The summed E-state index contributed by atoms with van der Waals surface area (Å²) in [5.74, 6) is 0. The Bertz CT molecular complexity index is 740. The summed E-state index contributed by atoms with van der Waals surface area (Å²) in [6, 6.07) is 10.2. The molecule has 0 aliphatic carbocycles. The highest BCUT2D eigenvalue weighted by molar-refractivity contribution is 8.01. The molecule has 0 aliphatic heterocycles. The number of nitrogens with two attached hydrogens (primary N) is 1. The van der Waals surface area contributed by atoms with E-state index in [0.717, 1.165) is 32.4 Å². The molecule has 3 rings (SSSR count). The molecule has 5 nitrogen and oxygen atoms in total. The maximum Gasteiger partial charge on any atom is 0.203 e. The number of nitrogen functional groups attached to an aromatic ring is 1. The first-order chi connectivity index (χ1) is 9.76. The monoisotopic (exact) mass is 303 g/mol. The summed E-state index contributed by atoms with van der Waals surface area (Å²) in [6.45, 7) is 0.733. The van der Waals surface area contributed by atoms with Crippen molar-refractivity contribution in [2.24, 2.45) is 0 Å². The lowest BCUT2D eigenvalue weighted by Gasteiger charge is -2.07. The highest BCUT2D eigenvalue weighted by Crippen LogP contribution is 2.35. The van der Waals surface area contributed by atoms with E-state index in [-0.39, 0.29) is 0 Å². The van der Waals surface area contributed by atoms with Crippen molar-refractivity contribution in [3.8, 4) is 0 Å². The van der Waals surface area contributed by atoms with Crippen LogP contribution >= 0.6 is 23.1 Å². The average Bonchev–Trinajstić information content (AvgIpc) is 2.85. The van der Waals surface area contributed by atoms with Crippen LogP contribution in [0.1, 0.15) is 5.69 Å². The third-order valence-electron chi connectivity index (χ3n) is 2.71. The van der Waals surface area contributed by atoms with Crippen molar-refractivity contribution in [2.45, 2.75) is 15.8 Å². The molecule has 2 aromatic heterocycles. The molecule has 0 bridgehead atoms. The lowest BCUT2D eigenvalue weighted by atomic mass is 10.2. The average molecular weight is 303 g/mol. The van der Waals surface area contributed by atoms with Gasteiger partial charge in [0.05, 0.1) is 11.2 Å². The molecule has 20 heavy (non-hydrogen) atoms. The van der Waals surface area contributed by atoms with E-state index in [4.69, 9.17) is 5.73 Å². The Hall–Kier alpha value is -1.70. The summed E-state index contributed by atoms with van der Waals surface area (Å²) in [5, 5.41) is 12.6. The van der Waals surface area contributed by atoms with Gasteiger partial charge in [-0.05, 0) is 19.2 Å². The molecule has 0 radical (unpaired) electrons. The van der Waals surface area contributed by atoms with Gasteiger partial charge in [-0.15, -0.1) is 10.2 Å². The molecule has 0 fully saturated rings. The van der Waals surface area contributed by atoms with E-state index in [1.165, 1.54) is 11.3 Å². The van der Waals surface area contributed by atoms with Crippen LogP contribution in [0.15, 0.2) is 39.6 Å². The molecule has 1 aromatic carbocycles. The van der Waals surface area contributed by atoms with E-state index < -0.39 is 0 Å². The Morgan fingerprint density at radius 1 is 1.30 bits per heavy atom. The third-order valence-corrected chi connectivity index (χ3v) is 4.57. The second kappa shape index (κ2) is 5.74. The Balaban J connectivity index is 2.06. The molecule has 102 valence electrons. The lowest BCUT2D eigenvalue weighted by molar-refractivity contribution is 0.793. The number of anilines is 1. The molecular weight excluding hydrogens is 290 g/mol. The van der Waals surface area contributed by atoms with Gasteiger partial charge in [-0.1, -0.05) is 41.3 Å². The number of para-hydroxylation sites is 1. The van der Waals surface area contributed by atoms with Crippen LogP contribution in [0, 0.1) is 0 Å². The number of nitrogens with zero attached hydrogens (tertiary/aromatic N) is 3. The van der Waals surface area contributed by atoms with Gasteiger partial charge in [-0.25, -0.2) is 0 Å². The SMILES string of the molecule is CNCc1cc(Sc2nnc(N)s2)c2ccccc2n1. The van der Waals surface area contributed by atoms with Crippen molar-refractivity contribution in [3.63, 3.8) is 0 Å². The predicted molar refractivity (Wildman–Crippen MR) is 83.0 cm³/mol. The van der Waals surface area contributed by atoms with Crippen LogP contribution in [-0.2, 0) is 6.54 Å². The van der Waals surface area contributed by atoms with Crippen LogP contribution in [0.2, 0.25) is 0 Å². The number of rotatable bonds is 4. The maximum atomic E-state index is 5.63. The normalized spacial score (nSPS) is 11.1. The number of nitrogens with one attached hydrogen (secondary N) is 1. The molecule has 0 saturated carbocycles.